The van der Waals surface area contributed by atoms with Crippen molar-refractivity contribution in [2.24, 2.45) is 11.3 Å². The molecular formula is C12H21N3. The van der Waals surface area contributed by atoms with E-state index in [0.29, 0.717) is 11.3 Å². The molecule has 15 heavy (non-hydrogen) atoms. The Morgan fingerprint density at radius 1 is 1.40 bits per heavy atom. The first-order valence-corrected chi connectivity index (χ1v) is 5.43. The van der Waals surface area contributed by atoms with Crippen molar-refractivity contribution in [1.82, 2.24) is 9.97 Å². The van der Waals surface area contributed by atoms with Crippen LogP contribution in [0.1, 0.15) is 33.5 Å². The van der Waals surface area contributed by atoms with Gasteiger partial charge in [0.1, 0.15) is 11.6 Å². The lowest BCUT2D eigenvalue weighted by atomic mass is 9.82. The van der Waals surface area contributed by atoms with Crippen molar-refractivity contribution in [2.75, 3.05) is 11.9 Å². The van der Waals surface area contributed by atoms with Crippen LogP contribution in [-0.2, 0) is 0 Å². The third kappa shape index (κ3) is 3.86. The molecule has 1 rings (SSSR count). The Morgan fingerprint density at radius 3 is 2.60 bits per heavy atom. The Labute approximate surface area is 92.3 Å². The summed E-state index contributed by atoms with van der Waals surface area (Å²) >= 11 is 0. The minimum Gasteiger partial charge on any atom is -0.370 e. The predicted molar refractivity (Wildman–Crippen MR) is 63.9 cm³/mol. The minimum atomic E-state index is 0.328. The molecule has 0 spiro atoms. The molecule has 0 bridgehead atoms. The second kappa shape index (κ2) is 4.60. The zero-order valence-corrected chi connectivity index (χ0v) is 10.3. The first kappa shape index (κ1) is 12.0. The van der Waals surface area contributed by atoms with Crippen LogP contribution in [0.4, 0.5) is 5.82 Å². The summed E-state index contributed by atoms with van der Waals surface area (Å²) in [6.07, 6.45) is 1.78. The monoisotopic (exact) mass is 207 g/mol. The molecule has 0 saturated carbocycles. The van der Waals surface area contributed by atoms with Gasteiger partial charge in [-0.3, -0.25) is 0 Å². The number of aryl methyl sites for hydroxylation is 1. The normalized spacial score (nSPS) is 13.7. The molecule has 0 aliphatic carbocycles. The molecule has 3 nitrogen and oxygen atoms in total. The molecule has 84 valence electrons. The van der Waals surface area contributed by atoms with Crippen LogP contribution in [0.15, 0.2) is 12.3 Å². The van der Waals surface area contributed by atoms with Crippen molar-refractivity contribution in [3.63, 3.8) is 0 Å². The lowest BCUT2D eigenvalue weighted by molar-refractivity contribution is 0.274. The van der Waals surface area contributed by atoms with Crippen LogP contribution in [0.3, 0.4) is 0 Å². The molecule has 0 aliphatic rings. The van der Waals surface area contributed by atoms with Gasteiger partial charge in [-0.15, -0.1) is 0 Å². The number of aromatic nitrogens is 2. The maximum atomic E-state index is 4.30. The summed E-state index contributed by atoms with van der Waals surface area (Å²) in [7, 11) is 0. The van der Waals surface area contributed by atoms with Crippen molar-refractivity contribution in [3.8, 4) is 0 Å². The van der Waals surface area contributed by atoms with E-state index < -0.39 is 0 Å². The molecule has 1 aromatic heterocycles. The largest absolute Gasteiger partial charge is 0.370 e. The lowest BCUT2D eigenvalue weighted by Gasteiger charge is -2.27. The van der Waals surface area contributed by atoms with Gasteiger partial charge in [0.25, 0.3) is 0 Å². The van der Waals surface area contributed by atoms with Gasteiger partial charge in [0.15, 0.2) is 0 Å². The highest BCUT2D eigenvalue weighted by molar-refractivity contribution is 5.32. The average molecular weight is 207 g/mol. The Kier molecular flexibility index (Phi) is 3.66. The Bertz CT molecular complexity index is 315. The summed E-state index contributed by atoms with van der Waals surface area (Å²) < 4.78 is 0. The van der Waals surface area contributed by atoms with E-state index in [4.69, 9.17) is 0 Å². The van der Waals surface area contributed by atoms with E-state index >= 15 is 0 Å². The van der Waals surface area contributed by atoms with Gasteiger partial charge in [-0.1, -0.05) is 27.7 Å². The molecule has 1 aromatic rings. The highest BCUT2D eigenvalue weighted by Crippen LogP contribution is 2.25. The van der Waals surface area contributed by atoms with Crippen molar-refractivity contribution >= 4 is 5.82 Å². The molecular weight excluding hydrogens is 186 g/mol. The van der Waals surface area contributed by atoms with Crippen LogP contribution in [0.2, 0.25) is 0 Å². The molecule has 0 radical (unpaired) electrons. The molecule has 0 saturated heterocycles. The van der Waals surface area contributed by atoms with Crippen LogP contribution in [0.5, 0.6) is 0 Å². The second-order valence-corrected chi connectivity index (χ2v) is 5.14. The number of hydrogen-bond donors (Lipinski definition) is 1. The van der Waals surface area contributed by atoms with Crippen molar-refractivity contribution in [3.05, 3.63) is 18.1 Å². The maximum Gasteiger partial charge on any atom is 0.129 e. The zero-order chi connectivity index (χ0) is 11.5. The van der Waals surface area contributed by atoms with Crippen LogP contribution in [-0.4, -0.2) is 16.5 Å². The fraction of sp³-hybridized carbons (Fsp3) is 0.667. The lowest BCUT2D eigenvalue weighted by Crippen LogP contribution is -2.25. The molecule has 0 aliphatic heterocycles. The summed E-state index contributed by atoms with van der Waals surface area (Å²) in [5, 5.41) is 3.34. The van der Waals surface area contributed by atoms with Gasteiger partial charge < -0.3 is 5.32 Å². The Hall–Kier alpha value is -1.12. The summed E-state index contributed by atoms with van der Waals surface area (Å²) in [6.45, 7) is 11.9. The topological polar surface area (TPSA) is 37.8 Å². The van der Waals surface area contributed by atoms with E-state index in [2.05, 4.69) is 43.0 Å². The fourth-order valence-corrected chi connectivity index (χ4v) is 1.12. The SMILES string of the molecule is Cc1nccc(NCC(C)C(C)(C)C)n1. The molecule has 1 unspecified atom stereocenters. The molecule has 3 heteroatoms. The van der Waals surface area contributed by atoms with Gasteiger partial charge >= 0.3 is 0 Å². The molecule has 1 heterocycles. The molecule has 0 fully saturated rings. The van der Waals surface area contributed by atoms with Gasteiger partial charge in [-0.25, -0.2) is 9.97 Å². The van der Waals surface area contributed by atoms with Crippen molar-refractivity contribution in [1.29, 1.82) is 0 Å². The van der Waals surface area contributed by atoms with E-state index in [-0.39, 0.29) is 0 Å². The van der Waals surface area contributed by atoms with Gasteiger partial charge in [0.05, 0.1) is 0 Å². The fourth-order valence-electron chi connectivity index (χ4n) is 1.12. The minimum absolute atomic E-state index is 0.328. The molecule has 0 amide bonds. The quantitative estimate of drug-likeness (QED) is 0.828. The van der Waals surface area contributed by atoms with Gasteiger partial charge in [-0.2, -0.15) is 0 Å². The second-order valence-electron chi connectivity index (χ2n) is 5.14. The Balaban J connectivity index is 2.51. The number of hydrogen-bond acceptors (Lipinski definition) is 3. The van der Waals surface area contributed by atoms with Crippen LogP contribution < -0.4 is 5.32 Å². The van der Waals surface area contributed by atoms with Crippen LogP contribution in [0.25, 0.3) is 0 Å². The van der Waals surface area contributed by atoms with Gasteiger partial charge in [0.2, 0.25) is 0 Å². The predicted octanol–water partition coefficient (Wildman–Crippen LogP) is 2.88. The summed E-state index contributed by atoms with van der Waals surface area (Å²) in [4.78, 5) is 8.37. The first-order valence-electron chi connectivity index (χ1n) is 5.43. The van der Waals surface area contributed by atoms with Gasteiger partial charge in [-0.05, 0) is 24.3 Å². The third-order valence-corrected chi connectivity index (χ3v) is 2.84. The molecule has 1 atom stereocenters. The van der Waals surface area contributed by atoms with Crippen molar-refractivity contribution < 1.29 is 0 Å². The van der Waals surface area contributed by atoms with E-state index in [9.17, 15) is 0 Å². The highest BCUT2D eigenvalue weighted by Gasteiger charge is 2.19. The average Bonchev–Trinajstić information content (AvgIpc) is 2.12. The number of anilines is 1. The number of nitrogens with one attached hydrogen (secondary N) is 1. The smallest absolute Gasteiger partial charge is 0.129 e. The zero-order valence-electron chi connectivity index (χ0n) is 10.3. The number of rotatable bonds is 3. The van der Waals surface area contributed by atoms with E-state index in [1.807, 2.05) is 13.0 Å². The van der Waals surface area contributed by atoms with E-state index in [0.717, 1.165) is 18.2 Å². The summed E-state index contributed by atoms with van der Waals surface area (Å²) in [6, 6.07) is 1.91. The molecule has 1 N–H and O–H groups in total. The van der Waals surface area contributed by atoms with Crippen molar-refractivity contribution in [2.45, 2.75) is 34.6 Å². The highest BCUT2D eigenvalue weighted by atomic mass is 15.0. The summed E-state index contributed by atoms with van der Waals surface area (Å²) in [5.41, 5.74) is 0.328. The van der Waals surface area contributed by atoms with Gasteiger partial charge in [0, 0.05) is 12.7 Å². The summed E-state index contributed by atoms with van der Waals surface area (Å²) in [5.74, 6) is 2.33. The maximum absolute atomic E-state index is 4.30. The van der Waals surface area contributed by atoms with E-state index in [1.165, 1.54) is 0 Å². The first-order chi connectivity index (χ1) is 6.89. The van der Waals surface area contributed by atoms with E-state index in [1.54, 1.807) is 6.20 Å². The Morgan fingerprint density at radius 2 is 2.07 bits per heavy atom. The molecule has 0 aromatic carbocycles. The third-order valence-electron chi connectivity index (χ3n) is 2.84. The standard InChI is InChI=1S/C12H21N3/c1-9(12(3,4)5)8-14-11-6-7-13-10(2)15-11/h6-7,9H,8H2,1-5H3,(H,13,14,15). The van der Waals surface area contributed by atoms with Crippen LogP contribution in [0, 0.1) is 18.3 Å². The number of nitrogens with zero attached hydrogens (tertiary/aromatic N) is 2. The van der Waals surface area contributed by atoms with Crippen LogP contribution >= 0.6 is 0 Å².